The molecular weight excluding hydrogens is 243 g/mol. The Labute approximate surface area is 113 Å². The van der Waals surface area contributed by atoms with Gasteiger partial charge in [-0.1, -0.05) is 38.3 Å². The number of carbonyl (C=O) groups is 1. The first-order chi connectivity index (χ1) is 9.08. The van der Waals surface area contributed by atoms with Crippen LogP contribution in [0.5, 0.6) is 0 Å². The fourth-order valence-corrected chi connectivity index (χ4v) is 2.88. The maximum Gasteiger partial charge on any atom is 0.306 e. The molecule has 0 saturated heterocycles. The van der Waals surface area contributed by atoms with Crippen molar-refractivity contribution in [3.63, 3.8) is 0 Å². The van der Waals surface area contributed by atoms with E-state index in [-0.39, 0.29) is 5.82 Å². The summed E-state index contributed by atoms with van der Waals surface area (Å²) in [5, 5.41) is 8.88. The molecule has 0 bridgehead atoms. The topological polar surface area (TPSA) is 37.3 Å². The first-order valence-electron chi connectivity index (χ1n) is 7.09. The van der Waals surface area contributed by atoms with E-state index in [1.165, 1.54) is 25.3 Å². The van der Waals surface area contributed by atoms with Crippen molar-refractivity contribution in [3.8, 4) is 0 Å². The number of hydrogen-bond acceptors (Lipinski definition) is 1. The van der Waals surface area contributed by atoms with Crippen LogP contribution in [-0.2, 0) is 11.2 Å². The Morgan fingerprint density at radius 1 is 1.37 bits per heavy atom. The third-order valence-electron chi connectivity index (χ3n) is 4.07. The van der Waals surface area contributed by atoms with Crippen LogP contribution < -0.4 is 0 Å². The largest absolute Gasteiger partial charge is 0.481 e. The van der Waals surface area contributed by atoms with Crippen molar-refractivity contribution in [2.45, 2.75) is 51.4 Å². The molecule has 1 aromatic carbocycles. The second kappa shape index (κ2) is 6.18. The van der Waals surface area contributed by atoms with Crippen molar-refractivity contribution < 1.29 is 14.3 Å². The summed E-state index contributed by atoms with van der Waals surface area (Å²) < 4.78 is 14.1. The summed E-state index contributed by atoms with van der Waals surface area (Å²) in [6, 6.07) is 5.26. The molecular formula is C16H21FO2. The van der Waals surface area contributed by atoms with Crippen LogP contribution in [0.15, 0.2) is 18.2 Å². The zero-order chi connectivity index (χ0) is 13.8. The number of halogens is 1. The maximum atomic E-state index is 14.1. The van der Waals surface area contributed by atoms with E-state index in [2.05, 4.69) is 0 Å². The zero-order valence-electron chi connectivity index (χ0n) is 11.4. The highest BCUT2D eigenvalue weighted by molar-refractivity contribution is 5.69. The lowest BCUT2D eigenvalue weighted by atomic mass is 9.83. The lowest BCUT2D eigenvalue weighted by Gasteiger charge is -2.22. The maximum absolute atomic E-state index is 14.1. The molecule has 3 heteroatoms. The molecule has 1 aromatic rings. The van der Waals surface area contributed by atoms with E-state index in [9.17, 15) is 9.18 Å². The van der Waals surface area contributed by atoms with Crippen LogP contribution in [0.3, 0.4) is 0 Å². The van der Waals surface area contributed by atoms with Crippen LogP contribution in [0.2, 0.25) is 0 Å². The molecule has 1 atom stereocenters. The molecule has 2 rings (SSSR count). The highest BCUT2D eigenvalue weighted by Crippen LogP contribution is 2.34. The number of hydrogen-bond donors (Lipinski definition) is 1. The van der Waals surface area contributed by atoms with Crippen molar-refractivity contribution in [3.05, 3.63) is 35.1 Å². The average Bonchev–Trinajstić information content (AvgIpc) is 2.39. The number of aliphatic carboxylic acids is 1. The van der Waals surface area contributed by atoms with Crippen LogP contribution in [-0.4, -0.2) is 11.1 Å². The van der Waals surface area contributed by atoms with Crippen molar-refractivity contribution in [2.75, 3.05) is 0 Å². The van der Waals surface area contributed by atoms with E-state index in [1.807, 2.05) is 12.1 Å². The van der Waals surface area contributed by atoms with Crippen LogP contribution in [0.1, 0.15) is 56.1 Å². The molecule has 0 aromatic heterocycles. The van der Waals surface area contributed by atoms with Gasteiger partial charge < -0.3 is 5.11 Å². The minimum atomic E-state index is -0.836. The van der Waals surface area contributed by atoms with Gasteiger partial charge in [-0.15, -0.1) is 0 Å². The van der Waals surface area contributed by atoms with E-state index in [4.69, 9.17) is 5.11 Å². The summed E-state index contributed by atoms with van der Waals surface area (Å²) in [4.78, 5) is 10.8. The number of rotatable bonds is 4. The van der Waals surface area contributed by atoms with Gasteiger partial charge in [-0.3, -0.25) is 4.79 Å². The first-order valence-corrected chi connectivity index (χ1v) is 7.09. The van der Waals surface area contributed by atoms with Gasteiger partial charge in [0.15, 0.2) is 0 Å². The zero-order valence-corrected chi connectivity index (χ0v) is 11.4. The summed E-state index contributed by atoms with van der Waals surface area (Å²) in [5.41, 5.74) is 1.58. The van der Waals surface area contributed by atoms with E-state index in [0.29, 0.717) is 12.3 Å². The third-order valence-corrected chi connectivity index (χ3v) is 4.07. The Bertz CT molecular complexity index is 450. The molecule has 0 heterocycles. The fourth-order valence-electron chi connectivity index (χ4n) is 2.88. The summed E-state index contributed by atoms with van der Waals surface area (Å²) in [6.07, 6.45) is 6.15. The normalized spacial score (nSPS) is 18.2. The monoisotopic (exact) mass is 264 g/mol. The van der Waals surface area contributed by atoms with Crippen molar-refractivity contribution >= 4 is 5.97 Å². The minimum absolute atomic E-state index is 0.165. The van der Waals surface area contributed by atoms with Crippen molar-refractivity contribution in [2.24, 2.45) is 5.92 Å². The summed E-state index contributed by atoms with van der Waals surface area (Å²) in [6.45, 7) is 1.65. The second-order valence-corrected chi connectivity index (χ2v) is 5.63. The molecule has 0 amide bonds. The molecule has 1 saturated carbocycles. The average molecular weight is 264 g/mol. The Morgan fingerprint density at radius 2 is 2.05 bits per heavy atom. The highest BCUT2D eigenvalue weighted by atomic mass is 19.1. The quantitative estimate of drug-likeness (QED) is 0.887. The summed E-state index contributed by atoms with van der Waals surface area (Å²) >= 11 is 0. The SMILES string of the molecule is CC(Cc1ccc(C2CCCCC2)c(F)c1)C(=O)O. The molecule has 1 unspecified atom stereocenters. The molecule has 0 spiro atoms. The predicted octanol–water partition coefficient (Wildman–Crippen LogP) is 4.14. The van der Waals surface area contributed by atoms with Crippen LogP contribution in [0.25, 0.3) is 0 Å². The molecule has 0 radical (unpaired) electrons. The molecule has 1 N–H and O–H groups in total. The fraction of sp³-hybridized carbons (Fsp3) is 0.562. The molecule has 1 aliphatic carbocycles. The van der Waals surface area contributed by atoms with Gasteiger partial charge >= 0.3 is 5.97 Å². The smallest absolute Gasteiger partial charge is 0.306 e. The molecule has 19 heavy (non-hydrogen) atoms. The summed E-state index contributed by atoms with van der Waals surface area (Å²) in [5.74, 6) is -1.13. The molecule has 1 fully saturated rings. The Balaban J connectivity index is 2.10. The first kappa shape index (κ1) is 14.0. The lowest BCUT2D eigenvalue weighted by Crippen LogP contribution is -2.13. The van der Waals surface area contributed by atoms with Crippen LogP contribution in [0.4, 0.5) is 4.39 Å². The van der Waals surface area contributed by atoms with Crippen molar-refractivity contribution in [1.82, 2.24) is 0 Å². The van der Waals surface area contributed by atoms with Gasteiger partial charge in [0.05, 0.1) is 5.92 Å². The Hall–Kier alpha value is -1.38. The number of carboxylic acid groups (broad SMARTS) is 1. The molecule has 1 aliphatic rings. The Kier molecular flexibility index (Phi) is 4.56. The molecule has 104 valence electrons. The highest BCUT2D eigenvalue weighted by Gasteiger charge is 2.19. The van der Waals surface area contributed by atoms with Gasteiger partial charge in [-0.2, -0.15) is 0 Å². The second-order valence-electron chi connectivity index (χ2n) is 5.63. The minimum Gasteiger partial charge on any atom is -0.481 e. The molecule has 2 nitrogen and oxygen atoms in total. The third kappa shape index (κ3) is 3.55. The van der Waals surface area contributed by atoms with E-state index < -0.39 is 11.9 Å². The van der Waals surface area contributed by atoms with E-state index >= 15 is 0 Å². The standard InChI is InChI=1S/C16H21FO2/c1-11(16(18)19)9-12-7-8-14(15(17)10-12)13-5-3-2-4-6-13/h7-8,10-11,13H,2-6,9H2,1H3,(H,18,19). The van der Waals surface area contributed by atoms with E-state index in [1.54, 1.807) is 6.92 Å². The van der Waals surface area contributed by atoms with Gasteiger partial charge in [0.25, 0.3) is 0 Å². The number of benzene rings is 1. The Morgan fingerprint density at radius 3 is 2.63 bits per heavy atom. The van der Waals surface area contributed by atoms with Gasteiger partial charge in [-0.25, -0.2) is 4.39 Å². The van der Waals surface area contributed by atoms with Crippen molar-refractivity contribution in [1.29, 1.82) is 0 Å². The predicted molar refractivity (Wildman–Crippen MR) is 72.7 cm³/mol. The summed E-state index contributed by atoms with van der Waals surface area (Å²) in [7, 11) is 0. The van der Waals surface area contributed by atoms with Crippen LogP contribution in [0, 0.1) is 11.7 Å². The number of carboxylic acids is 1. The van der Waals surface area contributed by atoms with Gasteiger partial charge in [-0.05, 0) is 42.4 Å². The van der Waals surface area contributed by atoms with E-state index in [0.717, 1.165) is 24.0 Å². The van der Waals surface area contributed by atoms with Gasteiger partial charge in [0, 0.05) is 0 Å². The molecule has 0 aliphatic heterocycles. The van der Waals surface area contributed by atoms with Gasteiger partial charge in [0.1, 0.15) is 5.82 Å². The van der Waals surface area contributed by atoms with Gasteiger partial charge in [0.2, 0.25) is 0 Å². The lowest BCUT2D eigenvalue weighted by molar-refractivity contribution is -0.141. The van der Waals surface area contributed by atoms with Crippen LogP contribution >= 0.6 is 0 Å².